The van der Waals surface area contributed by atoms with E-state index in [1.165, 1.54) is 0 Å². The first-order chi connectivity index (χ1) is 12.4. The normalized spacial score (nSPS) is 20.5. The predicted octanol–water partition coefficient (Wildman–Crippen LogP) is 5.13. The molecule has 136 valence electrons. The Kier molecular flexibility index (Phi) is 5.84. The van der Waals surface area contributed by atoms with E-state index in [0.29, 0.717) is 34.7 Å². The summed E-state index contributed by atoms with van der Waals surface area (Å²) in [6, 6.07) is 13.7. The molecule has 1 unspecified atom stereocenters. The fourth-order valence-corrected chi connectivity index (χ4v) is 3.58. The van der Waals surface area contributed by atoms with Gasteiger partial charge in [0.25, 0.3) is 0 Å². The van der Waals surface area contributed by atoms with Crippen LogP contribution in [0.25, 0.3) is 0 Å². The van der Waals surface area contributed by atoms with Crippen molar-refractivity contribution in [2.24, 2.45) is 5.92 Å². The van der Waals surface area contributed by atoms with Crippen molar-refractivity contribution < 1.29 is 19.4 Å². The monoisotopic (exact) mass is 392 g/mol. The summed E-state index contributed by atoms with van der Waals surface area (Å²) in [7, 11) is 0. The quantitative estimate of drug-likeness (QED) is 0.546. The van der Waals surface area contributed by atoms with Crippen LogP contribution in [0.1, 0.15) is 40.6 Å². The highest BCUT2D eigenvalue weighted by Crippen LogP contribution is 2.31. The Morgan fingerprint density at radius 1 is 1.12 bits per heavy atom. The third kappa shape index (κ3) is 4.37. The molecule has 1 saturated carbocycles. The zero-order chi connectivity index (χ0) is 18.7. The van der Waals surface area contributed by atoms with Crippen molar-refractivity contribution in [1.82, 2.24) is 0 Å². The lowest BCUT2D eigenvalue weighted by Gasteiger charge is -2.14. The van der Waals surface area contributed by atoms with Crippen LogP contribution >= 0.6 is 23.2 Å². The topological polar surface area (TPSA) is 63.6 Å². The maximum absolute atomic E-state index is 12.5. The molecule has 2 aromatic carbocycles. The molecule has 6 heteroatoms. The molecule has 1 aliphatic rings. The van der Waals surface area contributed by atoms with Gasteiger partial charge in [0, 0.05) is 10.6 Å². The smallest absolute Gasteiger partial charge is 0.306 e. The van der Waals surface area contributed by atoms with E-state index in [4.69, 9.17) is 33.0 Å². The molecule has 1 N–H and O–H groups in total. The number of benzene rings is 2. The Morgan fingerprint density at radius 3 is 2.46 bits per heavy atom. The number of Topliss-reactive ketones (excluding diaryl/α,β-unsaturated/α-hetero) is 1. The van der Waals surface area contributed by atoms with Crippen LogP contribution in [0.3, 0.4) is 0 Å². The van der Waals surface area contributed by atoms with E-state index in [1.54, 1.807) is 48.5 Å². The Labute approximate surface area is 161 Å². The number of carboxylic acids is 1. The highest BCUT2D eigenvalue weighted by molar-refractivity contribution is 6.34. The van der Waals surface area contributed by atoms with Gasteiger partial charge in [0.1, 0.15) is 11.1 Å². The molecule has 3 rings (SSSR count). The number of rotatable bonds is 6. The van der Waals surface area contributed by atoms with E-state index in [2.05, 4.69) is 0 Å². The molecule has 0 aromatic heterocycles. The molecule has 0 amide bonds. The number of carboxylic acid groups (broad SMARTS) is 1. The number of aliphatic carboxylic acids is 1. The molecule has 1 aliphatic carbocycles. The minimum atomic E-state index is -0.813. The SMILES string of the molecule is O=C(c1ccc(O[C@H]2CC[C@H](C(=O)O)C2)cc1)C(Cl)c1cccc(Cl)c1. The number of carbonyl (C=O) groups excluding carboxylic acids is 1. The summed E-state index contributed by atoms with van der Waals surface area (Å²) in [5, 5.41) is 8.76. The maximum atomic E-state index is 12.5. The molecule has 2 aromatic rings. The summed E-state index contributed by atoms with van der Waals surface area (Å²) < 4.78 is 5.83. The molecule has 4 nitrogen and oxygen atoms in total. The average Bonchev–Trinajstić information content (AvgIpc) is 3.10. The number of ketones is 1. The molecular weight excluding hydrogens is 375 g/mol. The predicted molar refractivity (Wildman–Crippen MR) is 100 cm³/mol. The Bertz CT molecular complexity index is 804. The maximum Gasteiger partial charge on any atom is 0.306 e. The number of alkyl halides is 1. The first kappa shape index (κ1) is 18.7. The van der Waals surface area contributed by atoms with Crippen LogP contribution in [-0.2, 0) is 4.79 Å². The number of ether oxygens (including phenoxy) is 1. The van der Waals surface area contributed by atoms with Crippen LogP contribution in [0, 0.1) is 5.92 Å². The molecule has 0 saturated heterocycles. The molecule has 26 heavy (non-hydrogen) atoms. The van der Waals surface area contributed by atoms with E-state index in [-0.39, 0.29) is 17.8 Å². The molecule has 0 bridgehead atoms. The van der Waals surface area contributed by atoms with Gasteiger partial charge in [-0.2, -0.15) is 0 Å². The van der Waals surface area contributed by atoms with Gasteiger partial charge in [0.05, 0.1) is 12.0 Å². The van der Waals surface area contributed by atoms with Gasteiger partial charge in [0.2, 0.25) is 0 Å². The summed E-state index contributed by atoms with van der Waals surface area (Å²) in [6.45, 7) is 0. The second kappa shape index (κ2) is 8.11. The fourth-order valence-electron chi connectivity index (χ4n) is 3.12. The van der Waals surface area contributed by atoms with Crippen LogP contribution in [0.15, 0.2) is 48.5 Å². The van der Waals surface area contributed by atoms with Gasteiger partial charge in [-0.15, -0.1) is 11.6 Å². The van der Waals surface area contributed by atoms with Gasteiger partial charge in [-0.25, -0.2) is 0 Å². The van der Waals surface area contributed by atoms with Gasteiger partial charge in [-0.05, 0) is 61.2 Å². The van der Waals surface area contributed by atoms with Crippen molar-refractivity contribution in [3.05, 3.63) is 64.7 Å². The van der Waals surface area contributed by atoms with Gasteiger partial charge in [0.15, 0.2) is 5.78 Å². The minimum absolute atomic E-state index is 0.107. The Hall–Kier alpha value is -2.04. The summed E-state index contributed by atoms with van der Waals surface area (Å²) in [6.07, 6.45) is 1.75. The molecule has 0 heterocycles. The molecule has 0 radical (unpaired) electrons. The zero-order valence-corrected chi connectivity index (χ0v) is 15.4. The van der Waals surface area contributed by atoms with Crippen molar-refractivity contribution >= 4 is 35.0 Å². The second-order valence-corrected chi connectivity index (χ2v) is 7.27. The first-order valence-corrected chi connectivity index (χ1v) is 9.19. The van der Waals surface area contributed by atoms with Gasteiger partial charge >= 0.3 is 5.97 Å². The minimum Gasteiger partial charge on any atom is -0.490 e. The summed E-state index contributed by atoms with van der Waals surface area (Å²) in [4.78, 5) is 23.6. The lowest BCUT2D eigenvalue weighted by atomic mass is 10.0. The molecule has 0 spiro atoms. The third-order valence-electron chi connectivity index (χ3n) is 4.55. The fraction of sp³-hybridized carbons (Fsp3) is 0.300. The molecule has 0 aliphatic heterocycles. The summed E-state index contributed by atoms with van der Waals surface area (Å²) >= 11 is 12.2. The molecular formula is C20H18Cl2O4. The van der Waals surface area contributed by atoms with Crippen molar-refractivity contribution in [3.63, 3.8) is 0 Å². The van der Waals surface area contributed by atoms with Crippen LogP contribution in [0.2, 0.25) is 5.02 Å². The van der Waals surface area contributed by atoms with E-state index >= 15 is 0 Å². The van der Waals surface area contributed by atoms with Crippen LogP contribution in [0.4, 0.5) is 0 Å². The van der Waals surface area contributed by atoms with Crippen LogP contribution in [-0.4, -0.2) is 23.0 Å². The number of hydrogen-bond donors (Lipinski definition) is 1. The van der Waals surface area contributed by atoms with Crippen molar-refractivity contribution in [2.45, 2.75) is 30.7 Å². The summed E-state index contributed by atoms with van der Waals surface area (Å²) in [5.74, 6) is -0.708. The Morgan fingerprint density at radius 2 is 1.85 bits per heavy atom. The third-order valence-corrected chi connectivity index (χ3v) is 5.23. The standard InChI is InChI=1S/C20H18Cl2O4/c21-15-3-1-2-13(10-15)18(22)19(23)12-4-7-16(8-5-12)26-17-9-6-14(11-17)20(24)25/h1-5,7-8,10,14,17-18H,6,9,11H2,(H,24,25)/t14-,17-,18?/m0/s1. The summed E-state index contributed by atoms with van der Waals surface area (Å²) in [5.41, 5.74) is 1.13. The van der Waals surface area contributed by atoms with Crippen molar-refractivity contribution in [1.29, 1.82) is 0 Å². The van der Waals surface area contributed by atoms with E-state index in [1.807, 2.05) is 0 Å². The van der Waals surface area contributed by atoms with Gasteiger partial charge in [-0.1, -0.05) is 23.7 Å². The number of halogens is 2. The van der Waals surface area contributed by atoms with Crippen molar-refractivity contribution in [3.8, 4) is 5.75 Å². The first-order valence-electron chi connectivity index (χ1n) is 8.37. The van der Waals surface area contributed by atoms with E-state index in [9.17, 15) is 9.59 Å². The lowest BCUT2D eigenvalue weighted by Crippen LogP contribution is -2.15. The molecule has 3 atom stereocenters. The Balaban J connectivity index is 1.64. The van der Waals surface area contributed by atoms with Crippen LogP contribution < -0.4 is 4.74 Å². The second-order valence-electron chi connectivity index (χ2n) is 6.39. The van der Waals surface area contributed by atoms with Crippen LogP contribution in [0.5, 0.6) is 5.75 Å². The largest absolute Gasteiger partial charge is 0.490 e. The highest BCUT2D eigenvalue weighted by Gasteiger charge is 2.31. The van der Waals surface area contributed by atoms with E-state index < -0.39 is 11.3 Å². The average molecular weight is 393 g/mol. The van der Waals surface area contributed by atoms with Crippen molar-refractivity contribution in [2.75, 3.05) is 0 Å². The van der Waals surface area contributed by atoms with Gasteiger partial charge < -0.3 is 9.84 Å². The number of hydrogen-bond acceptors (Lipinski definition) is 3. The molecule has 1 fully saturated rings. The number of carbonyl (C=O) groups is 2. The zero-order valence-electron chi connectivity index (χ0n) is 13.9. The van der Waals surface area contributed by atoms with Gasteiger partial charge in [-0.3, -0.25) is 9.59 Å². The van der Waals surface area contributed by atoms with E-state index in [0.717, 1.165) is 6.42 Å². The highest BCUT2D eigenvalue weighted by atomic mass is 35.5. The lowest BCUT2D eigenvalue weighted by molar-refractivity contribution is -0.141.